The zero-order valence-electron chi connectivity index (χ0n) is 17.2. The Balaban J connectivity index is 1.54. The molecule has 0 saturated heterocycles. The lowest BCUT2D eigenvalue weighted by atomic mass is 9.91. The standard InChI is InChI=1S/C23H27FN4OS/c1-29-21-13-11-20(12-14-21)28-22(15-25-19-9-7-18(24)8-10-19)26-27-23(28)30-16-17-5-3-2-4-6-17/h7-14,17,25H,2-6,15-16H2,1H3. The average Bonchev–Trinajstić information content (AvgIpc) is 3.21. The molecule has 30 heavy (non-hydrogen) atoms. The summed E-state index contributed by atoms with van der Waals surface area (Å²) in [5.41, 5.74) is 1.85. The Labute approximate surface area is 181 Å². The predicted molar refractivity (Wildman–Crippen MR) is 119 cm³/mol. The highest BCUT2D eigenvalue weighted by Crippen LogP contribution is 2.31. The number of thioether (sulfide) groups is 1. The maximum atomic E-state index is 13.2. The largest absolute Gasteiger partial charge is 0.497 e. The van der Waals surface area contributed by atoms with E-state index >= 15 is 0 Å². The van der Waals surface area contributed by atoms with Gasteiger partial charge in [-0.25, -0.2) is 4.39 Å². The lowest BCUT2D eigenvalue weighted by molar-refractivity contribution is 0.390. The van der Waals surface area contributed by atoms with Gasteiger partial charge in [0.25, 0.3) is 0 Å². The molecule has 1 N–H and O–H groups in total. The van der Waals surface area contributed by atoms with Crippen LogP contribution in [0.3, 0.4) is 0 Å². The number of nitrogens with zero attached hydrogens (tertiary/aromatic N) is 3. The average molecular weight is 427 g/mol. The van der Waals surface area contributed by atoms with Gasteiger partial charge in [0, 0.05) is 17.1 Å². The van der Waals surface area contributed by atoms with Gasteiger partial charge in [0.1, 0.15) is 11.6 Å². The van der Waals surface area contributed by atoms with Crippen LogP contribution in [0.4, 0.5) is 10.1 Å². The molecule has 158 valence electrons. The third kappa shape index (κ3) is 5.14. The van der Waals surface area contributed by atoms with Crippen LogP contribution in [0.25, 0.3) is 5.69 Å². The van der Waals surface area contributed by atoms with Gasteiger partial charge in [-0.05, 0) is 67.3 Å². The zero-order chi connectivity index (χ0) is 20.8. The van der Waals surface area contributed by atoms with E-state index in [1.807, 2.05) is 24.3 Å². The van der Waals surface area contributed by atoms with Crippen molar-refractivity contribution in [2.45, 2.75) is 43.8 Å². The van der Waals surface area contributed by atoms with Crippen LogP contribution in [0.2, 0.25) is 0 Å². The van der Waals surface area contributed by atoms with Crippen LogP contribution < -0.4 is 10.1 Å². The van der Waals surface area contributed by atoms with E-state index in [0.29, 0.717) is 6.54 Å². The van der Waals surface area contributed by atoms with E-state index in [-0.39, 0.29) is 5.82 Å². The number of ether oxygens (including phenoxy) is 1. The number of aromatic nitrogens is 3. The lowest BCUT2D eigenvalue weighted by Gasteiger charge is -2.21. The van der Waals surface area contributed by atoms with Crippen molar-refractivity contribution < 1.29 is 9.13 Å². The smallest absolute Gasteiger partial charge is 0.195 e. The zero-order valence-corrected chi connectivity index (χ0v) is 18.0. The molecule has 0 radical (unpaired) electrons. The summed E-state index contributed by atoms with van der Waals surface area (Å²) in [5.74, 6) is 3.21. The number of nitrogens with one attached hydrogen (secondary N) is 1. The van der Waals surface area contributed by atoms with E-state index in [1.165, 1.54) is 44.2 Å². The first-order chi connectivity index (χ1) is 14.7. The molecular formula is C23H27FN4OS. The van der Waals surface area contributed by atoms with Crippen molar-refractivity contribution in [3.63, 3.8) is 0 Å². The molecule has 0 bridgehead atoms. The first-order valence-corrected chi connectivity index (χ1v) is 11.4. The number of hydrogen-bond acceptors (Lipinski definition) is 5. The maximum Gasteiger partial charge on any atom is 0.195 e. The van der Waals surface area contributed by atoms with E-state index in [2.05, 4.69) is 20.1 Å². The number of methoxy groups -OCH3 is 1. The topological polar surface area (TPSA) is 52.0 Å². The summed E-state index contributed by atoms with van der Waals surface area (Å²) in [6, 6.07) is 14.3. The first-order valence-electron chi connectivity index (χ1n) is 10.4. The Kier molecular flexibility index (Phi) is 6.89. The van der Waals surface area contributed by atoms with Crippen molar-refractivity contribution in [1.29, 1.82) is 0 Å². The summed E-state index contributed by atoms with van der Waals surface area (Å²) in [6.45, 7) is 0.495. The van der Waals surface area contributed by atoms with Gasteiger partial charge < -0.3 is 10.1 Å². The van der Waals surface area contributed by atoms with Crippen molar-refractivity contribution in [1.82, 2.24) is 14.8 Å². The summed E-state index contributed by atoms with van der Waals surface area (Å²) in [5, 5.41) is 13.2. The van der Waals surface area contributed by atoms with E-state index in [4.69, 9.17) is 4.74 Å². The molecule has 1 heterocycles. The van der Waals surface area contributed by atoms with Crippen molar-refractivity contribution in [3.8, 4) is 11.4 Å². The lowest BCUT2D eigenvalue weighted by Crippen LogP contribution is -2.11. The number of hydrogen-bond donors (Lipinski definition) is 1. The quantitative estimate of drug-likeness (QED) is 0.468. The third-order valence-corrected chi connectivity index (χ3v) is 6.66. The van der Waals surface area contributed by atoms with Gasteiger partial charge in [0.2, 0.25) is 0 Å². The second-order valence-electron chi connectivity index (χ2n) is 7.61. The van der Waals surface area contributed by atoms with E-state index in [1.54, 1.807) is 31.0 Å². The molecule has 1 aromatic heterocycles. The van der Waals surface area contributed by atoms with Crippen LogP contribution in [0.5, 0.6) is 5.75 Å². The van der Waals surface area contributed by atoms with Gasteiger partial charge in [0.15, 0.2) is 11.0 Å². The highest BCUT2D eigenvalue weighted by molar-refractivity contribution is 7.99. The molecule has 1 fully saturated rings. The Morgan fingerprint density at radius 3 is 2.47 bits per heavy atom. The van der Waals surface area contributed by atoms with Crippen LogP contribution in [-0.4, -0.2) is 27.6 Å². The number of halogens is 1. The van der Waals surface area contributed by atoms with Crippen LogP contribution in [0.15, 0.2) is 53.7 Å². The Morgan fingerprint density at radius 2 is 1.77 bits per heavy atom. The Morgan fingerprint density at radius 1 is 1.03 bits per heavy atom. The molecule has 1 aliphatic carbocycles. The van der Waals surface area contributed by atoms with Gasteiger partial charge >= 0.3 is 0 Å². The number of rotatable bonds is 8. The summed E-state index contributed by atoms with van der Waals surface area (Å²) < 4.78 is 20.6. The fourth-order valence-electron chi connectivity index (χ4n) is 3.79. The van der Waals surface area contributed by atoms with Crippen molar-refractivity contribution >= 4 is 17.4 Å². The van der Waals surface area contributed by atoms with Gasteiger partial charge in [-0.3, -0.25) is 4.57 Å². The third-order valence-electron chi connectivity index (χ3n) is 5.50. The SMILES string of the molecule is COc1ccc(-n2c(CNc3ccc(F)cc3)nnc2SCC2CCCCC2)cc1. The molecule has 3 aromatic rings. The Hall–Kier alpha value is -2.54. The molecular weight excluding hydrogens is 399 g/mol. The van der Waals surface area contributed by atoms with Gasteiger partial charge in [-0.15, -0.1) is 10.2 Å². The fourth-order valence-corrected chi connectivity index (χ4v) is 4.95. The van der Waals surface area contributed by atoms with E-state index in [0.717, 1.165) is 39.8 Å². The minimum absolute atomic E-state index is 0.247. The number of benzene rings is 2. The van der Waals surface area contributed by atoms with Gasteiger partial charge in [0.05, 0.1) is 13.7 Å². The summed E-state index contributed by atoms with van der Waals surface area (Å²) in [7, 11) is 1.66. The minimum atomic E-state index is -0.247. The molecule has 0 aliphatic heterocycles. The van der Waals surface area contributed by atoms with E-state index < -0.39 is 0 Å². The second-order valence-corrected chi connectivity index (χ2v) is 8.59. The monoisotopic (exact) mass is 426 g/mol. The molecule has 0 unspecified atom stereocenters. The van der Waals surface area contributed by atoms with Crippen molar-refractivity contribution in [2.24, 2.45) is 5.92 Å². The van der Waals surface area contributed by atoms with Crippen LogP contribution in [0.1, 0.15) is 37.9 Å². The second kappa shape index (κ2) is 9.98. The van der Waals surface area contributed by atoms with Gasteiger partial charge in [-0.2, -0.15) is 0 Å². The molecule has 0 amide bonds. The van der Waals surface area contributed by atoms with Crippen molar-refractivity contribution in [2.75, 3.05) is 18.2 Å². The molecule has 2 aromatic carbocycles. The minimum Gasteiger partial charge on any atom is -0.497 e. The Bertz CT molecular complexity index is 937. The van der Waals surface area contributed by atoms with Crippen LogP contribution >= 0.6 is 11.8 Å². The summed E-state index contributed by atoms with van der Waals surface area (Å²) in [6.07, 6.45) is 6.65. The van der Waals surface area contributed by atoms with Gasteiger partial charge in [-0.1, -0.05) is 31.0 Å². The molecule has 4 rings (SSSR count). The maximum absolute atomic E-state index is 13.2. The fraction of sp³-hybridized carbons (Fsp3) is 0.391. The van der Waals surface area contributed by atoms with E-state index in [9.17, 15) is 4.39 Å². The van der Waals surface area contributed by atoms with Crippen molar-refractivity contribution in [3.05, 3.63) is 60.2 Å². The molecule has 7 heteroatoms. The summed E-state index contributed by atoms with van der Waals surface area (Å²) >= 11 is 1.78. The van der Waals surface area contributed by atoms with Crippen LogP contribution in [0, 0.1) is 11.7 Å². The molecule has 0 atom stereocenters. The molecule has 1 saturated carbocycles. The normalized spacial score (nSPS) is 14.6. The predicted octanol–water partition coefficient (Wildman–Crippen LogP) is 5.70. The summed E-state index contributed by atoms with van der Waals surface area (Å²) in [4.78, 5) is 0. The number of anilines is 1. The highest BCUT2D eigenvalue weighted by atomic mass is 32.2. The molecule has 5 nitrogen and oxygen atoms in total. The van der Waals surface area contributed by atoms with Crippen LogP contribution in [-0.2, 0) is 6.54 Å². The molecule has 0 spiro atoms. The highest BCUT2D eigenvalue weighted by Gasteiger charge is 2.18. The first kappa shape index (κ1) is 20.7. The molecule has 1 aliphatic rings.